The molecule has 2 aromatic heterocycles. The van der Waals surface area contributed by atoms with Crippen LogP contribution in [0, 0.1) is 0 Å². The van der Waals surface area contributed by atoms with Gasteiger partial charge in [0.1, 0.15) is 22.3 Å². The second-order valence-electron chi connectivity index (χ2n) is 6.94. The Kier molecular flexibility index (Phi) is 4.82. The van der Waals surface area contributed by atoms with Crippen molar-refractivity contribution in [2.75, 3.05) is 31.1 Å². The van der Waals surface area contributed by atoms with Gasteiger partial charge in [-0.3, -0.25) is 0 Å². The minimum Gasteiger partial charge on any atom is -0.450 e. The molecule has 5 rings (SSSR count). The first-order valence-corrected chi connectivity index (χ1v) is 11.5. The topological polar surface area (TPSA) is 79.5 Å². The molecule has 0 bridgehead atoms. The third-order valence-corrected chi connectivity index (χ3v) is 7.80. The predicted octanol–water partition coefficient (Wildman–Crippen LogP) is 4.19. The van der Waals surface area contributed by atoms with Gasteiger partial charge in [-0.1, -0.05) is 35.3 Å². The highest BCUT2D eigenvalue weighted by molar-refractivity contribution is 7.89. The van der Waals surface area contributed by atoms with Gasteiger partial charge in [-0.15, -0.1) is 0 Å². The van der Waals surface area contributed by atoms with Gasteiger partial charge in [0.2, 0.25) is 10.0 Å². The van der Waals surface area contributed by atoms with E-state index >= 15 is 0 Å². The first-order valence-electron chi connectivity index (χ1n) is 9.27. The summed E-state index contributed by atoms with van der Waals surface area (Å²) in [5.74, 6) is 0.661. The third kappa shape index (κ3) is 3.20. The number of hydrogen-bond acceptors (Lipinski definition) is 6. The number of aromatic nitrogens is 2. The Morgan fingerprint density at radius 2 is 1.73 bits per heavy atom. The highest BCUT2D eigenvalue weighted by atomic mass is 35.5. The van der Waals surface area contributed by atoms with Crippen molar-refractivity contribution in [3.05, 3.63) is 58.8 Å². The number of halogens is 2. The first-order chi connectivity index (χ1) is 14.4. The van der Waals surface area contributed by atoms with Crippen LogP contribution in [0.25, 0.3) is 22.1 Å². The summed E-state index contributed by atoms with van der Waals surface area (Å²) in [6.07, 6.45) is 1.51. The fourth-order valence-electron chi connectivity index (χ4n) is 3.69. The molecule has 30 heavy (non-hydrogen) atoms. The van der Waals surface area contributed by atoms with Crippen molar-refractivity contribution in [1.29, 1.82) is 0 Å². The van der Waals surface area contributed by atoms with Gasteiger partial charge in [-0.2, -0.15) is 4.31 Å². The molecule has 10 heteroatoms. The lowest BCUT2D eigenvalue weighted by molar-refractivity contribution is 0.383. The van der Waals surface area contributed by atoms with Crippen molar-refractivity contribution in [3.63, 3.8) is 0 Å². The fourth-order valence-corrected chi connectivity index (χ4v) is 5.85. The molecule has 0 saturated carbocycles. The van der Waals surface area contributed by atoms with Crippen molar-refractivity contribution >= 4 is 61.1 Å². The van der Waals surface area contributed by atoms with Crippen molar-refractivity contribution < 1.29 is 12.8 Å². The number of rotatable bonds is 3. The van der Waals surface area contributed by atoms with Gasteiger partial charge in [-0.05, 0) is 30.3 Å². The normalized spacial score (nSPS) is 15.9. The molecule has 3 heterocycles. The lowest BCUT2D eigenvalue weighted by Gasteiger charge is -2.34. The Labute approximate surface area is 182 Å². The van der Waals surface area contributed by atoms with Gasteiger partial charge in [0.05, 0.1) is 5.02 Å². The zero-order valence-corrected chi connectivity index (χ0v) is 18.0. The zero-order chi connectivity index (χ0) is 20.9. The number of para-hydroxylation sites is 1. The van der Waals surface area contributed by atoms with E-state index in [4.69, 9.17) is 27.6 Å². The van der Waals surface area contributed by atoms with E-state index in [2.05, 4.69) is 9.97 Å². The summed E-state index contributed by atoms with van der Waals surface area (Å²) in [6, 6.07) is 12.1. The van der Waals surface area contributed by atoms with E-state index in [0.29, 0.717) is 29.5 Å². The van der Waals surface area contributed by atoms with Gasteiger partial charge in [0.15, 0.2) is 11.4 Å². The van der Waals surface area contributed by atoms with Crippen molar-refractivity contribution in [3.8, 4) is 0 Å². The van der Waals surface area contributed by atoms with Gasteiger partial charge in [-0.25, -0.2) is 18.4 Å². The van der Waals surface area contributed by atoms with Crippen LogP contribution in [0.5, 0.6) is 0 Å². The minimum atomic E-state index is -3.75. The monoisotopic (exact) mass is 462 g/mol. The van der Waals surface area contributed by atoms with E-state index in [1.54, 1.807) is 6.07 Å². The van der Waals surface area contributed by atoms with Crippen LogP contribution in [0.3, 0.4) is 0 Å². The van der Waals surface area contributed by atoms with Crippen LogP contribution in [0.1, 0.15) is 0 Å². The molecular formula is C20H16Cl2N4O3S. The SMILES string of the molecule is O=S(=O)(c1cc(Cl)ccc1Cl)N1CCN(c2ncnc3c2oc2ccccc23)CC1. The second-order valence-corrected chi connectivity index (χ2v) is 9.69. The summed E-state index contributed by atoms with van der Waals surface area (Å²) in [5.41, 5.74) is 2.09. The summed E-state index contributed by atoms with van der Waals surface area (Å²) in [6.45, 7) is 1.49. The lowest BCUT2D eigenvalue weighted by Crippen LogP contribution is -2.49. The molecule has 0 amide bonds. The highest BCUT2D eigenvalue weighted by Crippen LogP contribution is 2.33. The lowest BCUT2D eigenvalue weighted by atomic mass is 10.2. The Balaban J connectivity index is 1.43. The van der Waals surface area contributed by atoms with Crippen LogP contribution < -0.4 is 4.90 Å². The van der Waals surface area contributed by atoms with Crippen LogP contribution in [-0.2, 0) is 10.0 Å². The molecule has 1 fully saturated rings. The molecule has 7 nitrogen and oxygen atoms in total. The zero-order valence-electron chi connectivity index (χ0n) is 15.6. The van der Waals surface area contributed by atoms with Gasteiger partial charge in [0.25, 0.3) is 0 Å². The maximum Gasteiger partial charge on any atom is 0.244 e. The molecule has 0 radical (unpaired) electrons. The van der Waals surface area contributed by atoms with Crippen molar-refractivity contribution in [1.82, 2.24) is 14.3 Å². The molecule has 0 spiro atoms. The highest BCUT2D eigenvalue weighted by Gasteiger charge is 2.31. The van der Waals surface area contributed by atoms with E-state index in [1.807, 2.05) is 29.2 Å². The Bertz CT molecular complexity index is 1370. The number of sulfonamides is 1. The average Bonchev–Trinajstić information content (AvgIpc) is 3.14. The van der Waals surface area contributed by atoms with Crippen LogP contribution in [-0.4, -0.2) is 48.9 Å². The molecule has 1 aliphatic heterocycles. The molecule has 1 saturated heterocycles. The van der Waals surface area contributed by atoms with Crippen molar-refractivity contribution in [2.24, 2.45) is 0 Å². The predicted molar refractivity (Wildman–Crippen MR) is 117 cm³/mol. The molecule has 0 aliphatic carbocycles. The molecule has 0 unspecified atom stereocenters. The molecule has 0 atom stereocenters. The summed E-state index contributed by atoms with van der Waals surface area (Å²) in [5, 5.41) is 1.40. The summed E-state index contributed by atoms with van der Waals surface area (Å²) >= 11 is 12.1. The van der Waals surface area contributed by atoms with E-state index in [9.17, 15) is 8.42 Å². The molecule has 4 aromatic rings. The Morgan fingerprint density at radius 3 is 2.53 bits per heavy atom. The molecule has 154 valence electrons. The summed E-state index contributed by atoms with van der Waals surface area (Å²) in [4.78, 5) is 10.8. The summed E-state index contributed by atoms with van der Waals surface area (Å²) in [7, 11) is -3.75. The largest absolute Gasteiger partial charge is 0.450 e. The maximum atomic E-state index is 13.1. The van der Waals surface area contributed by atoms with Crippen LogP contribution in [0.15, 0.2) is 58.1 Å². The fraction of sp³-hybridized carbons (Fsp3) is 0.200. The minimum absolute atomic E-state index is 0.0202. The molecule has 2 aromatic carbocycles. The third-order valence-electron chi connectivity index (χ3n) is 5.19. The number of nitrogens with zero attached hydrogens (tertiary/aromatic N) is 4. The van der Waals surface area contributed by atoms with E-state index < -0.39 is 10.0 Å². The molecule has 1 aliphatic rings. The maximum absolute atomic E-state index is 13.1. The summed E-state index contributed by atoms with van der Waals surface area (Å²) < 4.78 is 33.5. The van der Waals surface area contributed by atoms with Gasteiger partial charge >= 0.3 is 0 Å². The van der Waals surface area contributed by atoms with E-state index in [-0.39, 0.29) is 23.0 Å². The van der Waals surface area contributed by atoms with Crippen LogP contribution in [0.4, 0.5) is 5.82 Å². The number of piperazine rings is 1. The van der Waals surface area contributed by atoms with Crippen LogP contribution in [0.2, 0.25) is 10.0 Å². The van der Waals surface area contributed by atoms with Crippen LogP contribution >= 0.6 is 23.2 Å². The number of furan rings is 1. The smallest absolute Gasteiger partial charge is 0.244 e. The number of benzene rings is 2. The van der Waals surface area contributed by atoms with Gasteiger partial charge < -0.3 is 9.32 Å². The second kappa shape index (κ2) is 7.39. The molecular weight excluding hydrogens is 447 g/mol. The van der Waals surface area contributed by atoms with E-state index in [0.717, 1.165) is 16.5 Å². The average molecular weight is 463 g/mol. The first kappa shape index (κ1) is 19.6. The van der Waals surface area contributed by atoms with E-state index in [1.165, 1.54) is 22.8 Å². The van der Waals surface area contributed by atoms with Crippen molar-refractivity contribution in [2.45, 2.75) is 4.90 Å². The molecule has 0 N–H and O–H groups in total. The standard InChI is InChI=1S/C20H16Cl2N4O3S/c21-13-5-6-15(22)17(11-13)30(27,28)26-9-7-25(8-10-26)20-19-18(23-12-24-20)14-3-1-2-4-16(14)29-19/h1-6,11-12H,7-10H2. The number of fused-ring (bicyclic) bond motifs is 3. The Hall–Kier alpha value is -2.39. The van der Waals surface area contributed by atoms with Gasteiger partial charge in [0, 0.05) is 36.6 Å². The number of hydrogen-bond donors (Lipinski definition) is 0. The number of anilines is 1. The Morgan fingerprint density at radius 1 is 0.967 bits per heavy atom. The quantitative estimate of drug-likeness (QED) is 0.453.